The average molecular weight is 596 g/mol. The lowest BCUT2D eigenvalue weighted by molar-refractivity contribution is -0.886. The van der Waals surface area contributed by atoms with Crippen LogP contribution in [0.5, 0.6) is 11.5 Å². The molecule has 1 unspecified atom stereocenters. The third-order valence-electron chi connectivity index (χ3n) is 6.78. The zero-order valence-electron chi connectivity index (χ0n) is 25.9. The summed E-state index contributed by atoms with van der Waals surface area (Å²) in [7, 11) is 6.23. The number of nitrogens with one attached hydrogen (secondary N) is 1. The van der Waals surface area contributed by atoms with Gasteiger partial charge in [0.25, 0.3) is 5.91 Å². The molecule has 0 aliphatic rings. The highest BCUT2D eigenvalue weighted by Crippen LogP contribution is 2.21. The molecule has 1 N–H and O–H groups in total. The quantitative estimate of drug-likeness (QED) is 0.0796. The number of ether oxygens (including phenoxy) is 2. The number of unbranched alkanes of at least 4 members (excludes halogenated alkanes) is 5. The van der Waals surface area contributed by atoms with E-state index < -0.39 is 5.97 Å². The minimum Gasteiger partial charge on any atom is -0.494 e. The van der Waals surface area contributed by atoms with Gasteiger partial charge in [-0.15, -0.1) is 0 Å². The van der Waals surface area contributed by atoms with Crippen LogP contribution in [0.2, 0.25) is 5.02 Å². The molecule has 0 aliphatic carbocycles. The number of nitrogens with zero attached hydrogens (tertiary/aromatic N) is 1. The van der Waals surface area contributed by atoms with Crippen LogP contribution < -0.4 is 14.8 Å². The first-order valence-electron chi connectivity index (χ1n) is 15.1. The van der Waals surface area contributed by atoms with Gasteiger partial charge in [0.15, 0.2) is 6.04 Å². The van der Waals surface area contributed by atoms with Gasteiger partial charge in [0.05, 0.1) is 38.3 Å². The van der Waals surface area contributed by atoms with Crippen molar-refractivity contribution in [2.45, 2.75) is 64.8 Å². The fourth-order valence-corrected chi connectivity index (χ4v) is 4.61. The number of amides is 1. The maximum absolute atomic E-state index is 12.9. The zero-order valence-corrected chi connectivity index (χ0v) is 26.7. The van der Waals surface area contributed by atoms with Gasteiger partial charge in [-0.2, -0.15) is 0 Å². The van der Waals surface area contributed by atoms with E-state index in [0.29, 0.717) is 27.4 Å². The van der Waals surface area contributed by atoms with Crippen molar-refractivity contribution in [2.75, 3.05) is 34.3 Å². The Bertz CT molecular complexity index is 1190. The molecule has 0 fully saturated rings. The van der Waals surface area contributed by atoms with Crippen molar-refractivity contribution in [3.63, 3.8) is 0 Å². The minimum absolute atomic E-state index is 0.109. The molecule has 0 aromatic heterocycles. The predicted molar refractivity (Wildman–Crippen MR) is 172 cm³/mol. The standard InChI is InChI=1S/C33H41ClN2O4.C2H6/c1-36(2,3)31(25-26-15-9-8-10-16-26)32(37)35-23-13-6-4-5-7-14-24-39-27-19-21-28(22-20-27)40-33(38)29-17-11-12-18-30(29)34;1-2/h8-12,15-22,31H,4-7,13-14,23-25H2,1-3H3;1-2H3/p+1. The molecule has 0 saturated carbocycles. The molecular formula is C35H48ClN2O4+. The number of halogens is 1. The Labute approximate surface area is 257 Å². The molecule has 0 bridgehead atoms. The largest absolute Gasteiger partial charge is 0.494 e. The molecule has 228 valence electrons. The van der Waals surface area contributed by atoms with Crippen molar-refractivity contribution in [1.82, 2.24) is 5.32 Å². The van der Waals surface area contributed by atoms with Crippen molar-refractivity contribution in [3.8, 4) is 11.5 Å². The lowest BCUT2D eigenvalue weighted by atomic mass is 10.0. The molecule has 42 heavy (non-hydrogen) atoms. The van der Waals surface area contributed by atoms with Crippen LogP contribution in [0.15, 0.2) is 78.9 Å². The van der Waals surface area contributed by atoms with Crippen LogP contribution >= 0.6 is 11.6 Å². The third kappa shape index (κ3) is 12.7. The summed E-state index contributed by atoms with van der Waals surface area (Å²) < 4.78 is 11.8. The molecule has 3 rings (SSSR count). The number of esters is 1. The number of quaternary nitrogens is 1. The van der Waals surface area contributed by atoms with E-state index in [9.17, 15) is 9.59 Å². The Morgan fingerprint density at radius 1 is 0.762 bits per heavy atom. The number of hydrogen-bond donors (Lipinski definition) is 1. The van der Waals surface area contributed by atoms with Gasteiger partial charge in [-0.1, -0.05) is 93.6 Å². The number of benzene rings is 3. The van der Waals surface area contributed by atoms with Gasteiger partial charge in [-0.3, -0.25) is 4.79 Å². The maximum atomic E-state index is 12.9. The predicted octanol–water partition coefficient (Wildman–Crippen LogP) is 7.74. The van der Waals surface area contributed by atoms with Gasteiger partial charge in [0.2, 0.25) is 0 Å². The van der Waals surface area contributed by atoms with Gasteiger partial charge in [0.1, 0.15) is 11.5 Å². The summed E-state index contributed by atoms with van der Waals surface area (Å²) in [6.07, 6.45) is 7.19. The molecule has 7 heteroatoms. The van der Waals surface area contributed by atoms with Crippen LogP contribution in [-0.2, 0) is 11.2 Å². The van der Waals surface area contributed by atoms with E-state index in [-0.39, 0.29) is 11.9 Å². The van der Waals surface area contributed by atoms with E-state index in [1.807, 2.05) is 32.0 Å². The van der Waals surface area contributed by atoms with Crippen LogP contribution in [0.4, 0.5) is 0 Å². The van der Waals surface area contributed by atoms with Gasteiger partial charge in [-0.05, 0) is 54.8 Å². The Morgan fingerprint density at radius 2 is 1.33 bits per heavy atom. The maximum Gasteiger partial charge on any atom is 0.345 e. The summed E-state index contributed by atoms with van der Waals surface area (Å²) in [6.45, 7) is 5.36. The van der Waals surface area contributed by atoms with E-state index in [4.69, 9.17) is 21.1 Å². The van der Waals surface area contributed by atoms with Crippen LogP contribution in [0.25, 0.3) is 0 Å². The summed E-state index contributed by atoms with van der Waals surface area (Å²) >= 11 is 6.06. The molecular weight excluding hydrogens is 548 g/mol. The van der Waals surface area contributed by atoms with Crippen LogP contribution in [0.1, 0.15) is 68.3 Å². The van der Waals surface area contributed by atoms with Crippen molar-refractivity contribution in [3.05, 3.63) is 95.0 Å². The van der Waals surface area contributed by atoms with Crippen LogP contribution in [0, 0.1) is 0 Å². The topological polar surface area (TPSA) is 64.6 Å². The normalized spacial score (nSPS) is 11.6. The van der Waals surface area contributed by atoms with Gasteiger partial charge in [0, 0.05) is 13.0 Å². The van der Waals surface area contributed by atoms with Crippen molar-refractivity contribution < 1.29 is 23.5 Å². The molecule has 0 aliphatic heterocycles. The molecule has 1 atom stereocenters. The zero-order chi connectivity index (χ0) is 30.8. The average Bonchev–Trinajstić information content (AvgIpc) is 2.98. The summed E-state index contributed by atoms with van der Waals surface area (Å²) in [5.41, 5.74) is 1.52. The Morgan fingerprint density at radius 3 is 1.98 bits per heavy atom. The van der Waals surface area contributed by atoms with Gasteiger partial charge in [-0.25, -0.2) is 4.79 Å². The van der Waals surface area contributed by atoms with Gasteiger partial charge < -0.3 is 19.3 Å². The van der Waals surface area contributed by atoms with E-state index >= 15 is 0 Å². The lowest BCUT2D eigenvalue weighted by Gasteiger charge is -2.33. The molecule has 0 radical (unpaired) electrons. The number of carbonyl (C=O) groups is 2. The summed E-state index contributed by atoms with van der Waals surface area (Å²) in [5.74, 6) is 0.823. The second-order valence-corrected chi connectivity index (χ2v) is 11.3. The fraction of sp³-hybridized carbons (Fsp3) is 0.429. The first kappa shape index (κ1) is 34.8. The van der Waals surface area contributed by atoms with E-state index in [1.165, 1.54) is 5.56 Å². The molecule has 3 aromatic rings. The summed E-state index contributed by atoms with van der Waals surface area (Å²) in [5, 5.41) is 3.52. The number of hydrogen-bond acceptors (Lipinski definition) is 4. The smallest absolute Gasteiger partial charge is 0.345 e. The summed E-state index contributed by atoms with van der Waals surface area (Å²) in [6, 6.07) is 23.9. The monoisotopic (exact) mass is 595 g/mol. The lowest BCUT2D eigenvalue weighted by Crippen LogP contribution is -2.55. The number of carbonyl (C=O) groups excluding carboxylic acids is 2. The van der Waals surface area contributed by atoms with Crippen LogP contribution in [0.3, 0.4) is 0 Å². The first-order chi connectivity index (χ1) is 20.2. The summed E-state index contributed by atoms with van der Waals surface area (Å²) in [4.78, 5) is 25.2. The molecule has 0 saturated heterocycles. The SMILES string of the molecule is CC.C[N+](C)(C)C(Cc1ccccc1)C(=O)NCCCCCCCCOc1ccc(OC(=O)c2ccccc2Cl)cc1. The van der Waals surface area contributed by atoms with E-state index in [0.717, 1.165) is 57.2 Å². The third-order valence-corrected chi connectivity index (χ3v) is 7.11. The fourth-order valence-electron chi connectivity index (χ4n) is 4.40. The molecule has 1 amide bonds. The molecule has 0 spiro atoms. The van der Waals surface area contributed by atoms with Crippen molar-refractivity contribution >= 4 is 23.5 Å². The van der Waals surface area contributed by atoms with Crippen molar-refractivity contribution in [1.29, 1.82) is 0 Å². The highest BCUT2D eigenvalue weighted by atomic mass is 35.5. The highest BCUT2D eigenvalue weighted by molar-refractivity contribution is 6.33. The molecule has 0 heterocycles. The van der Waals surface area contributed by atoms with Crippen molar-refractivity contribution in [2.24, 2.45) is 0 Å². The van der Waals surface area contributed by atoms with E-state index in [2.05, 4.69) is 38.6 Å². The first-order valence-corrected chi connectivity index (χ1v) is 15.4. The molecule has 3 aromatic carbocycles. The Hall–Kier alpha value is -3.35. The second-order valence-electron chi connectivity index (χ2n) is 10.9. The number of likely N-dealkylation sites (N-methyl/N-ethyl adjacent to an activating group) is 1. The highest BCUT2D eigenvalue weighted by Gasteiger charge is 2.31. The van der Waals surface area contributed by atoms with Crippen LogP contribution in [-0.4, -0.2) is 56.7 Å². The van der Waals surface area contributed by atoms with E-state index in [1.54, 1.807) is 48.5 Å². The van der Waals surface area contributed by atoms with Gasteiger partial charge >= 0.3 is 5.97 Å². The second kappa shape index (κ2) is 19.0. The Kier molecular flexibility index (Phi) is 15.7. The Balaban J connectivity index is 0.00000301. The number of rotatable bonds is 16. The minimum atomic E-state index is -0.488. The molecule has 6 nitrogen and oxygen atoms in total.